The summed E-state index contributed by atoms with van der Waals surface area (Å²) in [5.41, 5.74) is -0.807. The number of likely N-dealkylation sites (tertiary alicyclic amines) is 1. The van der Waals surface area contributed by atoms with Crippen LogP contribution < -0.4 is 5.32 Å². The van der Waals surface area contributed by atoms with Crippen LogP contribution in [-0.4, -0.2) is 49.4 Å². The molecule has 25 heavy (non-hydrogen) atoms. The van der Waals surface area contributed by atoms with Gasteiger partial charge in [-0.1, -0.05) is 19.9 Å². The molecule has 0 aromatic heterocycles. The summed E-state index contributed by atoms with van der Waals surface area (Å²) in [6.07, 6.45) is -1.00. The third-order valence-corrected chi connectivity index (χ3v) is 4.18. The molecular formula is C17H26F5N3. The quantitative estimate of drug-likeness (QED) is 0.557. The third-order valence-electron chi connectivity index (χ3n) is 4.18. The summed E-state index contributed by atoms with van der Waals surface area (Å²) in [6.45, 7) is 5.03. The molecule has 1 rings (SSSR count). The van der Waals surface area contributed by atoms with Crippen molar-refractivity contribution >= 4 is 6.21 Å². The number of alkyl halides is 5. The summed E-state index contributed by atoms with van der Waals surface area (Å²) >= 11 is 0. The topological polar surface area (TPSA) is 27.6 Å². The molecule has 1 aliphatic rings. The molecule has 1 heterocycles. The number of hydrogen-bond donors (Lipinski definition) is 1. The molecule has 144 valence electrons. The van der Waals surface area contributed by atoms with Crippen LogP contribution in [0.25, 0.3) is 0 Å². The second-order valence-electron chi connectivity index (χ2n) is 6.40. The van der Waals surface area contributed by atoms with Crippen molar-refractivity contribution in [3.8, 4) is 0 Å². The second kappa shape index (κ2) is 8.78. The summed E-state index contributed by atoms with van der Waals surface area (Å²) in [6, 6.07) is -0.141. The van der Waals surface area contributed by atoms with Gasteiger partial charge in [0.1, 0.15) is 5.82 Å². The van der Waals surface area contributed by atoms with E-state index in [0.717, 1.165) is 12.3 Å². The zero-order valence-corrected chi connectivity index (χ0v) is 15.0. The fraction of sp³-hybridized carbons (Fsp3) is 0.706. The molecule has 3 nitrogen and oxygen atoms in total. The van der Waals surface area contributed by atoms with E-state index in [4.69, 9.17) is 0 Å². The highest BCUT2D eigenvalue weighted by atomic mass is 19.4. The molecule has 0 amide bonds. The Hall–Kier alpha value is -1.44. The Morgan fingerprint density at radius 2 is 2.00 bits per heavy atom. The van der Waals surface area contributed by atoms with Crippen molar-refractivity contribution in [1.82, 2.24) is 10.2 Å². The third kappa shape index (κ3) is 6.76. The lowest BCUT2D eigenvalue weighted by molar-refractivity contribution is -0.0950. The Kier molecular flexibility index (Phi) is 7.59. The van der Waals surface area contributed by atoms with E-state index in [-0.39, 0.29) is 37.2 Å². The van der Waals surface area contributed by atoms with Gasteiger partial charge in [0.2, 0.25) is 0 Å². The SMILES string of the molecule is C\C=C(/N=C\C(=C/CC)C(F)(F)F)NC[C@@H]1C(C)CC(F)(F)CN1C. The number of piperidine rings is 1. The van der Waals surface area contributed by atoms with Crippen molar-refractivity contribution in [3.05, 3.63) is 23.5 Å². The Bertz CT molecular complexity index is 509. The highest BCUT2D eigenvalue weighted by molar-refractivity contribution is 5.80. The van der Waals surface area contributed by atoms with Gasteiger partial charge in [-0.05, 0) is 32.4 Å². The number of allylic oxidation sites excluding steroid dienone is 3. The lowest BCUT2D eigenvalue weighted by atomic mass is 9.89. The number of hydrogen-bond acceptors (Lipinski definition) is 3. The van der Waals surface area contributed by atoms with Gasteiger partial charge in [0, 0.05) is 25.2 Å². The molecule has 0 radical (unpaired) electrons. The smallest absolute Gasteiger partial charge is 0.369 e. The van der Waals surface area contributed by atoms with Gasteiger partial charge in [-0.2, -0.15) is 13.2 Å². The van der Waals surface area contributed by atoms with Crippen LogP contribution in [0.5, 0.6) is 0 Å². The van der Waals surface area contributed by atoms with Crippen LogP contribution in [0.2, 0.25) is 0 Å². The molecule has 2 atom stereocenters. The number of rotatable bonds is 6. The highest BCUT2D eigenvalue weighted by Crippen LogP contribution is 2.33. The van der Waals surface area contributed by atoms with E-state index < -0.39 is 17.7 Å². The van der Waals surface area contributed by atoms with E-state index in [1.807, 2.05) is 0 Å². The van der Waals surface area contributed by atoms with E-state index >= 15 is 0 Å². The summed E-state index contributed by atoms with van der Waals surface area (Å²) in [7, 11) is 1.63. The van der Waals surface area contributed by atoms with Gasteiger partial charge in [-0.3, -0.25) is 4.90 Å². The average Bonchev–Trinajstić information content (AvgIpc) is 2.45. The summed E-state index contributed by atoms with van der Waals surface area (Å²) < 4.78 is 65.6. The summed E-state index contributed by atoms with van der Waals surface area (Å²) in [5.74, 6) is -2.67. The number of nitrogens with zero attached hydrogens (tertiary/aromatic N) is 2. The van der Waals surface area contributed by atoms with Crippen molar-refractivity contribution < 1.29 is 22.0 Å². The van der Waals surface area contributed by atoms with Gasteiger partial charge >= 0.3 is 6.18 Å². The van der Waals surface area contributed by atoms with Crippen LogP contribution in [0, 0.1) is 5.92 Å². The fourth-order valence-corrected chi connectivity index (χ4v) is 2.98. The van der Waals surface area contributed by atoms with Crippen molar-refractivity contribution in [2.45, 2.75) is 51.8 Å². The largest absolute Gasteiger partial charge is 0.417 e. The number of halogens is 5. The predicted octanol–water partition coefficient (Wildman–Crippen LogP) is 4.38. The number of aliphatic imine (C=N–C) groups is 1. The van der Waals surface area contributed by atoms with Crippen molar-refractivity contribution in [3.63, 3.8) is 0 Å². The van der Waals surface area contributed by atoms with Crippen LogP contribution in [0.1, 0.15) is 33.6 Å². The minimum absolute atomic E-state index is 0.141. The normalized spacial score (nSPS) is 26.3. The molecule has 0 saturated carbocycles. The first kappa shape index (κ1) is 21.6. The highest BCUT2D eigenvalue weighted by Gasteiger charge is 2.42. The second-order valence-corrected chi connectivity index (χ2v) is 6.40. The lowest BCUT2D eigenvalue weighted by Gasteiger charge is -2.41. The van der Waals surface area contributed by atoms with Crippen LogP contribution >= 0.6 is 0 Å². The molecule has 0 aromatic rings. The minimum Gasteiger partial charge on any atom is -0.369 e. The summed E-state index contributed by atoms with van der Waals surface area (Å²) in [4.78, 5) is 5.44. The molecule has 1 saturated heterocycles. The van der Waals surface area contributed by atoms with Crippen LogP contribution in [-0.2, 0) is 0 Å². The van der Waals surface area contributed by atoms with Gasteiger partial charge in [0.05, 0.1) is 12.1 Å². The van der Waals surface area contributed by atoms with E-state index in [1.165, 1.54) is 0 Å². The first-order valence-electron chi connectivity index (χ1n) is 8.29. The lowest BCUT2D eigenvalue weighted by Crippen LogP contribution is -2.54. The maximum absolute atomic E-state index is 13.5. The molecule has 1 fully saturated rings. The van der Waals surface area contributed by atoms with Gasteiger partial charge < -0.3 is 5.32 Å². The minimum atomic E-state index is -4.46. The molecular weight excluding hydrogens is 341 g/mol. The molecule has 8 heteroatoms. The zero-order chi connectivity index (χ0) is 19.3. The zero-order valence-electron chi connectivity index (χ0n) is 15.0. The Balaban J connectivity index is 2.71. The van der Waals surface area contributed by atoms with Crippen molar-refractivity contribution in [2.75, 3.05) is 20.1 Å². The van der Waals surface area contributed by atoms with Gasteiger partial charge in [0.15, 0.2) is 0 Å². The molecule has 0 bridgehead atoms. The van der Waals surface area contributed by atoms with Crippen LogP contribution in [0.4, 0.5) is 22.0 Å². The number of nitrogens with one attached hydrogen (secondary N) is 1. The standard InChI is InChI=1S/C17H26F5N3/c1-5-7-13(17(20,21)22)9-23-15(6-2)24-10-14-12(3)8-16(18,19)11-25(14)4/h6-7,9,12,14,24H,5,8,10-11H2,1-4H3/b13-7+,15-6+,23-9-/t12?,14-/m1/s1. The summed E-state index contributed by atoms with van der Waals surface area (Å²) in [5, 5.41) is 2.96. The average molecular weight is 367 g/mol. The molecule has 0 aliphatic carbocycles. The fourth-order valence-electron chi connectivity index (χ4n) is 2.98. The molecule has 0 aromatic carbocycles. The molecule has 0 spiro atoms. The first-order valence-corrected chi connectivity index (χ1v) is 8.29. The van der Waals surface area contributed by atoms with E-state index in [2.05, 4.69) is 10.3 Å². The van der Waals surface area contributed by atoms with E-state index in [1.54, 1.807) is 38.8 Å². The van der Waals surface area contributed by atoms with Crippen molar-refractivity contribution in [1.29, 1.82) is 0 Å². The van der Waals surface area contributed by atoms with E-state index in [0.29, 0.717) is 6.54 Å². The predicted molar refractivity (Wildman–Crippen MR) is 89.8 cm³/mol. The van der Waals surface area contributed by atoms with Crippen molar-refractivity contribution in [2.24, 2.45) is 10.9 Å². The maximum Gasteiger partial charge on any atom is 0.417 e. The Morgan fingerprint density at radius 1 is 1.36 bits per heavy atom. The van der Waals surface area contributed by atoms with Gasteiger partial charge in [-0.15, -0.1) is 0 Å². The Morgan fingerprint density at radius 3 is 2.48 bits per heavy atom. The molecule has 1 unspecified atom stereocenters. The maximum atomic E-state index is 13.5. The van der Waals surface area contributed by atoms with Crippen LogP contribution in [0.15, 0.2) is 28.5 Å². The van der Waals surface area contributed by atoms with Crippen LogP contribution in [0.3, 0.4) is 0 Å². The van der Waals surface area contributed by atoms with E-state index in [9.17, 15) is 22.0 Å². The Labute approximate surface area is 145 Å². The van der Waals surface area contributed by atoms with Gasteiger partial charge in [0.25, 0.3) is 5.92 Å². The first-order chi connectivity index (χ1) is 11.5. The number of likely N-dealkylation sites (N-methyl/N-ethyl adjacent to an activating group) is 1. The van der Waals surface area contributed by atoms with Gasteiger partial charge in [-0.25, -0.2) is 13.8 Å². The molecule has 1 aliphatic heterocycles. The molecule has 1 N–H and O–H groups in total. The monoisotopic (exact) mass is 367 g/mol.